The number of benzene rings is 2. The van der Waals surface area contributed by atoms with Gasteiger partial charge in [-0.25, -0.2) is 9.67 Å². The number of nitrogens with zero attached hydrogens (tertiary/aromatic N) is 3. The van der Waals surface area contributed by atoms with Gasteiger partial charge >= 0.3 is 0 Å². The Hall–Kier alpha value is -3.44. The van der Waals surface area contributed by atoms with Crippen molar-refractivity contribution in [3.05, 3.63) is 113 Å². The molecule has 0 spiro atoms. The lowest BCUT2D eigenvalue weighted by Gasteiger charge is -2.20. The lowest BCUT2D eigenvalue weighted by atomic mass is 9.98. The molecule has 1 unspecified atom stereocenters. The summed E-state index contributed by atoms with van der Waals surface area (Å²) in [6.45, 7) is 1.86. The van der Waals surface area contributed by atoms with Gasteiger partial charge in [0.2, 0.25) is 0 Å². The van der Waals surface area contributed by atoms with Crippen molar-refractivity contribution in [2.75, 3.05) is 0 Å². The highest BCUT2D eigenvalue weighted by molar-refractivity contribution is 6.30. The quantitative estimate of drug-likeness (QED) is 0.524. The fraction of sp³-hybridized carbons (Fsp3) is 0.0870. The van der Waals surface area contributed by atoms with E-state index in [-0.39, 0.29) is 11.9 Å². The Morgan fingerprint density at radius 2 is 1.66 bits per heavy atom. The monoisotopic (exact) mass is 402 g/mol. The standard InChI is InChI=1S/C23H19ClN4O/c1-16-20(15-26-28(16)21-9-5-6-14-25-21)23(29)27-22(17-7-3-2-4-8-17)18-10-12-19(24)13-11-18/h2-15,22H,1H3,(H,27,29). The van der Waals surface area contributed by atoms with Gasteiger partial charge in [0.1, 0.15) is 0 Å². The fourth-order valence-electron chi connectivity index (χ4n) is 3.21. The van der Waals surface area contributed by atoms with E-state index in [4.69, 9.17) is 11.6 Å². The molecule has 2 heterocycles. The Morgan fingerprint density at radius 1 is 0.966 bits per heavy atom. The molecule has 0 fully saturated rings. The SMILES string of the molecule is Cc1c(C(=O)NC(c2ccccc2)c2ccc(Cl)cc2)cnn1-c1ccccn1. The van der Waals surface area contributed by atoms with Gasteiger partial charge < -0.3 is 5.32 Å². The smallest absolute Gasteiger partial charge is 0.255 e. The first-order valence-corrected chi connectivity index (χ1v) is 9.58. The number of carbonyl (C=O) groups excluding carboxylic acids is 1. The molecule has 0 aliphatic carbocycles. The van der Waals surface area contributed by atoms with E-state index in [9.17, 15) is 4.79 Å². The van der Waals surface area contributed by atoms with E-state index in [2.05, 4.69) is 15.4 Å². The maximum Gasteiger partial charge on any atom is 0.255 e. The molecule has 0 saturated carbocycles. The van der Waals surface area contributed by atoms with Gasteiger partial charge in [0.25, 0.3) is 5.91 Å². The largest absolute Gasteiger partial charge is 0.341 e. The molecule has 5 nitrogen and oxygen atoms in total. The highest BCUT2D eigenvalue weighted by Gasteiger charge is 2.21. The third-order valence-corrected chi connectivity index (χ3v) is 4.98. The van der Waals surface area contributed by atoms with Crippen LogP contribution in [-0.4, -0.2) is 20.7 Å². The van der Waals surface area contributed by atoms with Crippen LogP contribution in [-0.2, 0) is 0 Å². The molecule has 144 valence electrons. The molecule has 4 rings (SSSR count). The van der Waals surface area contributed by atoms with Crippen LogP contribution >= 0.6 is 11.6 Å². The van der Waals surface area contributed by atoms with Crippen LogP contribution in [0.1, 0.15) is 33.2 Å². The number of nitrogens with one attached hydrogen (secondary N) is 1. The minimum Gasteiger partial charge on any atom is -0.341 e. The van der Waals surface area contributed by atoms with Crippen molar-refractivity contribution in [1.29, 1.82) is 0 Å². The summed E-state index contributed by atoms with van der Waals surface area (Å²) in [6.07, 6.45) is 3.27. The topological polar surface area (TPSA) is 59.8 Å². The molecular formula is C23H19ClN4O. The molecule has 1 N–H and O–H groups in total. The average molecular weight is 403 g/mol. The van der Waals surface area contributed by atoms with Crippen LogP contribution in [0.4, 0.5) is 0 Å². The molecule has 2 aromatic heterocycles. The molecule has 1 atom stereocenters. The van der Waals surface area contributed by atoms with Gasteiger partial charge in [0.05, 0.1) is 23.5 Å². The summed E-state index contributed by atoms with van der Waals surface area (Å²) in [5.41, 5.74) is 3.16. The van der Waals surface area contributed by atoms with E-state index in [0.717, 1.165) is 16.8 Å². The van der Waals surface area contributed by atoms with Crippen LogP contribution in [0, 0.1) is 6.92 Å². The highest BCUT2D eigenvalue weighted by Crippen LogP contribution is 2.24. The second-order valence-corrected chi connectivity index (χ2v) is 7.05. The number of hydrogen-bond donors (Lipinski definition) is 1. The van der Waals surface area contributed by atoms with Crippen molar-refractivity contribution in [2.45, 2.75) is 13.0 Å². The predicted octanol–water partition coefficient (Wildman–Crippen LogP) is 4.75. The van der Waals surface area contributed by atoms with Crippen LogP contribution in [0.2, 0.25) is 5.02 Å². The number of carbonyl (C=O) groups is 1. The van der Waals surface area contributed by atoms with E-state index in [1.165, 1.54) is 0 Å². The summed E-state index contributed by atoms with van der Waals surface area (Å²) in [7, 11) is 0. The zero-order valence-electron chi connectivity index (χ0n) is 15.8. The Kier molecular flexibility index (Phi) is 5.40. The molecular weight excluding hydrogens is 384 g/mol. The van der Waals surface area contributed by atoms with Crippen LogP contribution in [0.5, 0.6) is 0 Å². The Bertz CT molecular complexity index is 1110. The number of halogens is 1. The summed E-state index contributed by atoms with van der Waals surface area (Å²) in [6, 6.07) is 22.6. The first-order valence-electron chi connectivity index (χ1n) is 9.21. The van der Waals surface area contributed by atoms with Crippen molar-refractivity contribution < 1.29 is 4.79 Å². The lowest BCUT2D eigenvalue weighted by molar-refractivity contribution is 0.0942. The third kappa shape index (κ3) is 4.05. The summed E-state index contributed by atoms with van der Waals surface area (Å²) >= 11 is 6.04. The number of rotatable bonds is 5. The van der Waals surface area contributed by atoms with E-state index < -0.39 is 0 Å². The summed E-state index contributed by atoms with van der Waals surface area (Å²) in [4.78, 5) is 17.4. The molecule has 0 bridgehead atoms. The van der Waals surface area contributed by atoms with Crippen molar-refractivity contribution in [3.63, 3.8) is 0 Å². The van der Waals surface area contributed by atoms with Crippen LogP contribution in [0.3, 0.4) is 0 Å². The number of aromatic nitrogens is 3. The Morgan fingerprint density at radius 3 is 2.34 bits per heavy atom. The molecule has 4 aromatic rings. The predicted molar refractivity (Wildman–Crippen MR) is 113 cm³/mol. The number of amides is 1. The van der Waals surface area contributed by atoms with Crippen molar-refractivity contribution in [1.82, 2.24) is 20.1 Å². The van der Waals surface area contributed by atoms with Gasteiger partial charge in [-0.15, -0.1) is 0 Å². The molecule has 0 aliphatic heterocycles. The summed E-state index contributed by atoms with van der Waals surface area (Å²) in [5.74, 6) is 0.467. The molecule has 0 saturated heterocycles. The van der Waals surface area contributed by atoms with Crippen molar-refractivity contribution >= 4 is 17.5 Å². The van der Waals surface area contributed by atoms with Gasteiger partial charge in [-0.3, -0.25) is 4.79 Å². The molecule has 2 aromatic carbocycles. The van der Waals surface area contributed by atoms with Gasteiger partial charge in [-0.2, -0.15) is 5.10 Å². The first kappa shape index (κ1) is 18.9. The normalized spacial score (nSPS) is 11.8. The zero-order valence-corrected chi connectivity index (χ0v) is 16.5. The minimum atomic E-state index is -0.307. The molecule has 1 amide bonds. The maximum atomic E-state index is 13.1. The molecule has 0 aliphatic rings. The highest BCUT2D eigenvalue weighted by atomic mass is 35.5. The number of pyridine rings is 1. The van der Waals surface area contributed by atoms with Gasteiger partial charge in [-0.05, 0) is 42.3 Å². The molecule has 0 radical (unpaired) electrons. The second kappa shape index (κ2) is 8.29. The lowest BCUT2D eigenvalue weighted by Crippen LogP contribution is -2.29. The van der Waals surface area contributed by atoms with E-state index >= 15 is 0 Å². The third-order valence-electron chi connectivity index (χ3n) is 4.73. The first-order chi connectivity index (χ1) is 14.1. The maximum absolute atomic E-state index is 13.1. The second-order valence-electron chi connectivity index (χ2n) is 6.61. The van der Waals surface area contributed by atoms with Gasteiger partial charge in [0.15, 0.2) is 5.82 Å². The van der Waals surface area contributed by atoms with Crippen LogP contribution in [0.15, 0.2) is 85.2 Å². The van der Waals surface area contributed by atoms with Crippen LogP contribution in [0.25, 0.3) is 5.82 Å². The minimum absolute atomic E-state index is 0.200. The van der Waals surface area contributed by atoms with Crippen LogP contribution < -0.4 is 5.32 Å². The zero-order chi connectivity index (χ0) is 20.2. The Labute approximate surface area is 174 Å². The van der Waals surface area contributed by atoms with Crippen molar-refractivity contribution in [2.24, 2.45) is 0 Å². The number of hydrogen-bond acceptors (Lipinski definition) is 3. The Balaban J connectivity index is 1.65. The summed E-state index contributed by atoms with van der Waals surface area (Å²) in [5, 5.41) is 8.13. The average Bonchev–Trinajstić information content (AvgIpc) is 3.15. The van der Waals surface area contributed by atoms with Gasteiger partial charge in [0, 0.05) is 11.2 Å². The summed E-state index contributed by atoms with van der Waals surface area (Å²) < 4.78 is 1.66. The van der Waals surface area contributed by atoms with E-state index in [1.54, 1.807) is 17.1 Å². The molecule has 29 heavy (non-hydrogen) atoms. The van der Waals surface area contributed by atoms with E-state index in [1.807, 2.05) is 79.7 Å². The van der Waals surface area contributed by atoms with Gasteiger partial charge in [-0.1, -0.05) is 60.1 Å². The molecule has 6 heteroatoms. The van der Waals surface area contributed by atoms with E-state index in [0.29, 0.717) is 16.4 Å². The fourth-order valence-corrected chi connectivity index (χ4v) is 3.34. The van der Waals surface area contributed by atoms with Crippen molar-refractivity contribution in [3.8, 4) is 5.82 Å².